The van der Waals surface area contributed by atoms with Gasteiger partial charge in [0.15, 0.2) is 17.3 Å². The Hall–Kier alpha value is -3.64. The number of fused-ring (bicyclic) bond motifs is 2. The molecule has 2 aromatic carbocycles. The molecule has 0 radical (unpaired) electrons. The van der Waals surface area contributed by atoms with Crippen molar-refractivity contribution in [2.24, 2.45) is 5.92 Å². The minimum absolute atomic E-state index is 0.0767. The Labute approximate surface area is 166 Å². The summed E-state index contributed by atoms with van der Waals surface area (Å²) in [6.45, 7) is 0.334. The number of hydrogen-bond acceptors (Lipinski definition) is 6. The third-order valence-electron chi connectivity index (χ3n) is 5.41. The first-order valence-electron chi connectivity index (χ1n) is 9.27. The number of ketones is 2. The summed E-state index contributed by atoms with van der Waals surface area (Å²) in [5.41, 5.74) is 1.60. The molecule has 0 saturated heterocycles. The summed E-state index contributed by atoms with van der Waals surface area (Å²) in [4.78, 5) is 27.6. The smallest absolute Gasteiger partial charge is 0.211 e. The van der Waals surface area contributed by atoms with Crippen molar-refractivity contribution >= 4 is 17.3 Å². The first-order valence-corrected chi connectivity index (χ1v) is 9.27. The number of carbonyl (C=O) groups is 2. The fraction of sp³-hybridized carbons (Fsp3) is 0.130. The van der Waals surface area contributed by atoms with E-state index >= 15 is 0 Å². The molecule has 144 valence electrons. The number of anilines is 1. The molecule has 29 heavy (non-hydrogen) atoms. The first kappa shape index (κ1) is 17.5. The number of carbonyl (C=O) groups excluding carboxylic acids is 2. The summed E-state index contributed by atoms with van der Waals surface area (Å²) in [6, 6.07) is 16.6. The normalized spacial score (nSPS) is 23.3. The molecule has 2 unspecified atom stereocenters. The van der Waals surface area contributed by atoms with Crippen molar-refractivity contribution in [1.29, 1.82) is 0 Å². The van der Waals surface area contributed by atoms with E-state index < -0.39 is 23.6 Å². The fourth-order valence-electron chi connectivity index (χ4n) is 4.02. The predicted octanol–water partition coefficient (Wildman–Crippen LogP) is 2.81. The molecule has 2 aliphatic carbocycles. The lowest BCUT2D eigenvalue weighted by Crippen LogP contribution is -2.42. The molecule has 2 aromatic rings. The molecule has 0 aromatic heterocycles. The highest BCUT2D eigenvalue weighted by Gasteiger charge is 2.47. The molecule has 2 atom stereocenters. The zero-order valence-electron chi connectivity index (χ0n) is 15.3. The highest BCUT2D eigenvalue weighted by Crippen LogP contribution is 2.42. The van der Waals surface area contributed by atoms with Crippen LogP contribution in [0, 0.1) is 5.92 Å². The van der Waals surface area contributed by atoms with Crippen LogP contribution in [0.2, 0.25) is 0 Å². The molecule has 0 saturated carbocycles. The van der Waals surface area contributed by atoms with Crippen LogP contribution in [-0.2, 0) is 16.1 Å². The Balaban J connectivity index is 1.78. The number of nitrogens with zero attached hydrogens (tertiary/aromatic N) is 1. The summed E-state index contributed by atoms with van der Waals surface area (Å²) in [7, 11) is 0. The molecule has 6 nitrogen and oxygen atoms in total. The van der Waals surface area contributed by atoms with E-state index in [4.69, 9.17) is 4.74 Å². The molecule has 0 amide bonds. The summed E-state index contributed by atoms with van der Waals surface area (Å²) in [5, 5.41) is 21.5. The van der Waals surface area contributed by atoms with Crippen LogP contribution < -0.4 is 9.64 Å². The number of allylic oxidation sites excluding steroid dienone is 2. The van der Waals surface area contributed by atoms with Gasteiger partial charge in [0, 0.05) is 11.3 Å². The molecular weight excluding hydrogens is 370 g/mol. The van der Waals surface area contributed by atoms with Crippen LogP contribution in [0.3, 0.4) is 0 Å². The van der Waals surface area contributed by atoms with Crippen LogP contribution in [0.4, 0.5) is 5.69 Å². The number of hydrogen-bond donors (Lipinski definition) is 2. The van der Waals surface area contributed by atoms with E-state index in [2.05, 4.69) is 0 Å². The SMILES string of the molecule is O=C1C=CC(O)C2C(=O)C3=C(C(O)=C12)N(c1ccccc1)Cc1ccccc1O3. The number of para-hydroxylation sites is 2. The Morgan fingerprint density at radius 1 is 1.00 bits per heavy atom. The second-order valence-corrected chi connectivity index (χ2v) is 7.13. The standard InChI is InChI=1S/C23H17NO5/c25-15-10-11-16(26)19-18(15)21(27)20-23(22(19)28)29-17-9-5-4-6-13(17)12-24(20)14-7-2-1-3-8-14/h1-11,16,19,26-27H,12H2. The average Bonchev–Trinajstić information content (AvgIpc) is 2.92. The quantitative estimate of drug-likeness (QED) is 0.783. The lowest BCUT2D eigenvalue weighted by Gasteiger charge is -2.34. The molecule has 6 heteroatoms. The lowest BCUT2D eigenvalue weighted by atomic mass is 9.77. The molecule has 2 N–H and O–H groups in total. The minimum atomic E-state index is -1.21. The van der Waals surface area contributed by atoms with E-state index in [1.807, 2.05) is 42.5 Å². The predicted molar refractivity (Wildman–Crippen MR) is 105 cm³/mol. The molecule has 3 aliphatic rings. The summed E-state index contributed by atoms with van der Waals surface area (Å²) in [6.07, 6.45) is 1.25. The fourth-order valence-corrected chi connectivity index (χ4v) is 4.02. The van der Waals surface area contributed by atoms with Gasteiger partial charge in [-0.05, 0) is 24.3 Å². The highest BCUT2D eigenvalue weighted by atomic mass is 16.5. The number of ether oxygens (including phenoxy) is 1. The van der Waals surface area contributed by atoms with Gasteiger partial charge >= 0.3 is 0 Å². The van der Waals surface area contributed by atoms with E-state index in [9.17, 15) is 19.8 Å². The first-order chi connectivity index (χ1) is 14.1. The number of aliphatic hydroxyl groups excluding tert-OH is 2. The van der Waals surface area contributed by atoms with Gasteiger partial charge in [0.25, 0.3) is 0 Å². The van der Waals surface area contributed by atoms with Crippen LogP contribution in [0.5, 0.6) is 5.75 Å². The summed E-state index contributed by atoms with van der Waals surface area (Å²) < 4.78 is 5.98. The maximum Gasteiger partial charge on any atom is 0.211 e. The van der Waals surface area contributed by atoms with Gasteiger partial charge in [0.2, 0.25) is 5.78 Å². The van der Waals surface area contributed by atoms with Crippen molar-refractivity contribution in [1.82, 2.24) is 0 Å². The van der Waals surface area contributed by atoms with Gasteiger partial charge in [0.05, 0.1) is 24.1 Å². The molecular formula is C23H17NO5. The second kappa shape index (κ2) is 6.46. The van der Waals surface area contributed by atoms with Gasteiger partial charge in [-0.1, -0.05) is 42.5 Å². The molecule has 0 spiro atoms. The average molecular weight is 387 g/mol. The van der Waals surface area contributed by atoms with Gasteiger partial charge in [-0.3, -0.25) is 9.59 Å². The summed E-state index contributed by atoms with van der Waals surface area (Å²) >= 11 is 0. The van der Waals surface area contributed by atoms with E-state index in [-0.39, 0.29) is 22.8 Å². The Kier molecular flexibility index (Phi) is 3.89. The number of benzene rings is 2. The van der Waals surface area contributed by atoms with Gasteiger partial charge in [0.1, 0.15) is 11.4 Å². The number of Topliss-reactive ketones (excluding diaryl/α,β-unsaturated/α-hetero) is 1. The van der Waals surface area contributed by atoms with Gasteiger partial charge in [-0.2, -0.15) is 0 Å². The van der Waals surface area contributed by atoms with E-state index in [1.165, 1.54) is 12.2 Å². The maximum absolute atomic E-state index is 13.3. The van der Waals surface area contributed by atoms with Crippen molar-refractivity contribution in [2.75, 3.05) is 4.90 Å². The zero-order chi connectivity index (χ0) is 20.1. The van der Waals surface area contributed by atoms with Crippen LogP contribution in [0.25, 0.3) is 0 Å². The molecule has 1 aliphatic heterocycles. The van der Waals surface area contributed by atoms with Crippen molar-refractivity contribution in [3.63, 3.8) is 0 Å². The largest absolute Gasteiger partial charge is 0.505 e. The lowest BCUT2D eigenvalue weighted by molar-refractivity contribution is -0.125. The van der Waals surface area contributed by atoms with Gasteiger partial charge in [-0.25, -0.2) is 0 Å². The van der Waals surface area contributed by atoms with Crippen molar-refractivity contribution in [3.8, 4) is 5.75 Å². The molecule has 0 bridgehead atoms. The molecule has 0 fully saturated rings. The van der Waals surface area contributed by atoms with E-state index in [1.54, 1.807) is 17.0 Å². The summed E-state index contributed by atoms with van der Waals surface area (Å²) in [5.74, 6) is -2.13. The van der Waals surface area contributed by atoms with Crippen LogP contribution >= 0.6 is 0 Å². The Bertz CT molecular complexity index is 1130. The molecule has 5 rings (SSSR count). The van der Waals surface area contributed by atoms with Crippen LogP contribution in [-0.4, -0.2) is 27.9 Å². The maximum atomic E-state index is 13.3. The third kappa shape index (κ3) is 2.61. The van der Waals surface area contributed by atoms with E-state index in [0.29, 0.717) is 12.3 Å². The van der Waals surface area contributed by atoms with Crippen LogP contribution in [0.15, 0.2) is 89.5 Å². The number of aliphatic hydroxyl groups is 2. The van der Waals surface area contributed by atoms with Gasteiger partial charge < -0.3 is 19.8 Å². The molecule has 1 heterocycles. The third-order valence-corrected chi connectivity index (χ3v) is 5.41. The topological polar surface area (TPSA) is 87.1 Å². The Morgan fingerprint density at radius 2 is 1.72 bits per heavy atom. The van der Waals surface area contributed by atoms with Crippen molar-refractivity contribution in [3.05, 3.63) is 95.1 Å². The minimum Gasteiger partial charge on any atom is -0.505 e. The number of rotatable bonds is 1. The van der Waals surface area contributed by atoms with Gasteiger partial charge in [-0.15, -0.1) is 0 Å². The zero-order valence-corrected chi connectivity index (χ0v) is 15.3. The monoisotopic (exact) mass is 387 g/mol. The van der Waals surface area contributed by atoms with Crippen molar-refractivity contribution < 1.29 is 24.5 Å². The Morgan fingerprint density at radius 3 is 2.52 bits per heavy atom. The van der Waals surface area contributed by atoms with Crippen molar-refractivity contribution in [2.45, 2.75) is 12.6 Å². The van der Waals surface area contributed by atoms with E-state index in [0.717, 1.165) is 11.3 Å². The second-order valence-electron chi connectivity index (χ2n) is 7.13. The van der Waals surface area contributed by atoms with Crippen LogP contribution in [0.1, 0.15) is 5.56 Å². The highest BCUT2D eigenvalue weighted by molar-refractivity contribution is 6.15.